The molecule has 1 saturated heterocycles. The molecule has 2 heteroatoms. The maximum Gasteiger partial charge on any atom is 0.0314 e. The molecular weight excluding hydrogens is 220 g/mol. The largest absolute Gasteiger partial charge is 0.399 e. The lowest BCUT2D eigenvalue weighted by Gasteiger charge is -2.35. The number of likely N-dealkylation sites (tertiary alicyclic amines) is 1. The maximum atomic E-state index is 5.70. The highest BCUT2D eigenvalue weighted by Crippen LogP contribution is 2.20. The number of anilines is 1. The third-order valence-electron chi connectivity index (χ3n) is 4.11. The first-order valence-electron chi connectivity index (χ1n) is 7.38. The lowest BCUT2D eigenvalue weighted by Crippen LogP contribution is -2.39. The fourth-order valence-electron chi connectivity index (χ4n) is 2.99. The zero-order chi connectivity index (χ0) is 12.8. The number of hydrogen-bond acceptors (Lipinski definition) is 2. The molecule has 2 rings (SSSR count). The minimum Gasteiger partial charge on any atom is -0.399 e. The molecule has 0 saturated carbocycles. The molecule has 1 heterocycles. The quantitative estimate of drug-likeness (QED) is 0.806. The molecule has 1 atom stereocenters. The zero-order valence-electron chi connectivity index (χ0n) is 11.6. The monoisotopic (exact) mass is 246 g/mol. The van der Waals surface area contributed by atoms with Crippen LogP contribution in [0.3, 0.4) is 0 Å². The first kappa shape index (κ1) is 13.4. The van der Waals surface area contributed by atoms with Gasteiger partial charge in [-0.3, -0.25) is 0 Å². The van der Waals surface area contributed by atoms with E-state index in [9.17, 15) is 0 Å². The van der Waals surface area contributed by atoms with E-state index in [2.05, 4.69) is 24.0 Å². The van der Waals surface area contributed by atoms with Crippen molar-refractivity contribution in [2.24, 2.45) is 0 Å². The maximum absolute atomic E-state index is 5.70. The second-order valence-electron chi connectivity index (χ2n) is 5.44. The first-order chi connectivity index (χ1) is 8.79. The van der Waals surface area contributed by atoms with Gasteiger partial charge in [0.05, 0.1) is 0 Å². The summed E-state index contributed by atoms with van der Waals surface area (Å²) in [7, 11) is 0. The summed E-state index contributed by atoms with van der Waals surface area (Å²) in [5.41, 5.74) is 7.97. The van der Waals surface area contributed by atoms with Gasteiger partial charge in [-0.15, -0.1) is 0 Å². The van der Waals surface area contributed by atoms with Crippen LogP contribution in [0, 0.1) is 0 Å². The van der Waals surface area contributed by atoms with Crippen molar-refractivity contribution in [3.63, 3.8) is 0 Å². The van der Waals surface area contributed by atoms with E-state index in [1.54, 1.807) is 0 Å². The molecule has 18 heavy (non-hydrogen) atoms. The van der Waals surface area contributed by atoms with Crippen LogP contribution in [-0.2, 0) is 6.42 Å². The highest BCUT2D eigenvalue weighted by molar-refractivity contribution is 5.39. The van der Waals surface area contributed by atoms with Crippen molar-refractivity contribution in [3.8, 4) is 0 Å². The van der Waals surface area contributed by atoms with Crippen LogP contribution in [0.25, 0.3) is 0 Å². The summed E-state index contributed by atoms with van der Waals surface area (Å²) in [6, 6.07) is 9.16. The fourth-order valence-corrected chi connectivity index (χ4v) is 2.99. The number of nitrogen functional groups attached to an aromatic ring is 1. The number of piperidine rings is 1. The van der Waals surface area contributed by atoms with E-state index in [1.165, 1.54) is 57.2 Å². The van der Waals surface area contributed by atoms with Gasteiger partial charge in [0.25, 0.3) is 0 Å². The molecule has 0 bridgehead atoms. The molecule has 1 aromatic rings. The van der Waals surface area contributed by atoms with E-state index in [-0.39, 0.29) is 0 Å². The number of nitrogens with two attached hydrogens (primary N) is 1. The summed E-state index contributed by atoms with van der Waals surface area (Å²) in [6.45, 7) is 4.88. The average molecular weight is 246 g/mol. The SMILES string of the molecule is CCC1CCCCN1CCCc1ccc(N)cc1. The molecule has 1 aliphatic rings. The van der Waals surface area contributed by atoms with Crippen molar-refractivity contribution in [1.82, 2.24) is 4.90 Å². The molecule has 0 aromatic heterocycles. The fraction of sp³-hybridized carbons (Fsp3) is 0.625. The Morgan fingerprint density at radius 3 is 2.72 bits per heavy atom. The second kappa shape index (κ2) is 6.79. The van der Waals surface area contributed by atoms with E-state index >= 15 is 0 Å². The van der Waals surface area contributed by atoms with Crippen molar-refractivity contribution >= 4 is 5.69 Å². The zero-order valence-corrected chi connectivity index (χ0v) is 11.6. The van der Waals surface area contributed by atoms with Gasteiger partial charge in [0.2, 0.25) is 0 Å². The van der Waals surface area contributed by atoms with Crippen molar-refractivity contribution in [2.45, 2.75) is 51.5 Å². The Hall–Kier alpha value is -1.02. The Morgan fingerprint density at radius 1 is 1.22 bits per heavy atom. The van der Waals surface area contributed by atoms with Gasteiger partial charge in [0, 0.05) is 11.7 Å². The van der Waals surface area contributed by atoms with Crippen molar-refractivity contribution in [3.05, 3.63) is 29.8 Å². The Bertz CT molecular complexity index is 345. The lowest BCUT2D eigenvalue weighted by molar-refractivity contribution is 0.142. The second-order valence-corrected chi connectivity index (χ2v) is 5.44. The molecule has 0 amide bonds. The standard InChI is InChI=1S/C16H26N2/c1-2-16-7-3-4-12-18(16)13-5-6-14-8-10-15(17)11-9-14/h8-11,16H,2-7,12-13,17H2,1H3. The van der Waals surface area contributed by atoms with Crippen LogP contribution in [0.5, 0.6) is 0 Å². The van der Waals surface area contributed by atoms with Crippen LogP contribution >= 0.6 is 0 Å². The van der Waals surface area contributed by atoms with Crippen molar-refractivity contribution < 1.29 is 0 Å². The van der Waals surface area contributed by atoms with E-state index < -0.39 is 0 Å². The van der Waals surface area contributed by atoms with Crippen LogP contribution < -0.4 is 5.73 Å². The number of aryl methyl sites for hydroxylation is 1. The molecule has 2 nitrogen and oxygen atoms in total. The summed E-state index contributed by atoms with van der Waals surface area (Å²) in [6.07, 6.45) is 7.96. The summed E-state index contributed by atoms with van der Waals surface area (Å²) < 4.78 is 0. The molecule has 1 unspecified atom stereocenters. The van der Waals surface area contributed by atoms with Gasteiger partial charge in [0.1, 0.15) is 0 Å². The Balaban J connectivity index is 1.75. The number of nitrogens with zero attached hydrogens (tertiary/aromatic N) is 1. The molecular formula is C16H26N2. The molecule has 0 radical (unpaired) electrons. The van der Waals surface area contributed by atoms with E-state index in [0.29, 0.717) is 0 Å². The first-order valence-corrected chi connectivity index (χ1v) is 7.38. The number of hydrogen-bond donors (Lipinski definition) is 1. The third kappa shape index (κ3) is 3.74. The number of rotatable bonds is 5. The highest BCUT2D eigenvalue weighted by atomic mass is 15.2. The van der Waals surface area contributed by atoms with Gasteiger partial charge in [-0.25, -0.2) is 0 Å². The van der Waals surface area contributed by atoms with Gasteiger partial charge in [-0.2, -0.15) is 0 Å². The van der Waals surface area contributed by atoms with Crippen LogP contribution in [0.1, 0.15) is 44.6 Å². The summed E-state index contributed by atoms with van der Waals surface area (Å²) >= 11 is 0. The van der Waals surface area contributed by atoms with Crippen LogP contribution in [0.15, 0.2) is 24.3 Å². The van der Waals surface area contributed by atoms with E-state index in [0.717, 1.165) is 11.7 Å². The van der Waals surface area contributed by atoms with Gasteiger partial charge in [-0.1, -0.05) is 25.5 Å². The predicted molar refractivity (Wildman–Crippen MR) is 78.7 cm³/mol. The molecule has 0 aliphatic carbocycles. The minimum absolute atomic E-state index is 0.838. The van der Waals surface area contributed by atoms with E-state index in [4.69, 9.17) is 5.73 Å². The van der Waals surface area contributed by atoms with E-state index in [1.807, 2.05) is 12.1 Å². The normalized spacial score (nSPS) is 21.1. The van der Waals surface area contributed by atoms with Gasteiger partial charge in [0.15, 0.2) is 0 Å². The van der Waals surface area contributed by atoms with Gasteiger partial charge < -0.3 is 10.6 Å². The van der Waals surface area contributed by atoms with Crippen molar-refractivity contribution in [2.75, 3.05) is 18.8 Å². The lowest BCUT2D eigenvalue weighted by atomic mass is 9.99. The Kier molecular flexibility index (Phi) is 5.06. The van der Waals surface area contributed by atoms with Crippen LogP contribution in [-0.4, -0.2) is 24.0 Å². The summed E-state index contributed by atoms with van der Waals surface area (Å²) in [5, 5.41) is 0. The van der Waals surface area contributed by atoms with Crippen LogP contribution in [0.4, 0.5) is 5.69 Å². The predicted octanol–water partition coefficient (Wildman–Crippen LogP) is 3.47. The summed E-state index contributed by atoms with van der Waals surface area (Å²) in [5.74, 6) is 0. The minimum atomic E-state index is 0.838. The molecule has 1 aromatic carbocycles. The Labute approximate surface area is 111 Å². The molecule has 1 fully saturated rings. The topological polar surface area (TPSA) is 29.3 Å². The highest BCUT2D eigenvalue weighted by Gasteiger charge is 2.19. The smallest absolute Gasteiger partial charge is 0.0314 e. The van der Waals surface area contributed by atoms with Gasteiger partial charge in [-0.05, 0) is 62.9 Å². The third-order valence-corrected chi connectivity index (χ3v) is 4.11. The molecule has 1 aliphatic heterocycles. The molecule has 2 N–H and O–H groups in total. The van der Waals surface area contributed by atoms with Crippen molar-refractivity contribution in [1.29, 1.82) is 0 Å². The molecule has 0 spiro atoms. The Morgan fingerprint density at radius 2 is 2.00 bits per heavy atom. The summed E-state index contributed by atoms with van der Waals surface area (Å²) in [4.78, 5) is 2.70. The number of benzene rings is 1. The average Bonchev–Trinajstić information content (AvgIpc) is 2.41. The van der Waals surface area contributed by atoms with Gasteiger partial charge >= 0.3 is 0 Å². The van der Waals surface area contributed by atoms with Crippen LogP contribution in [0.2, 0.25) is 0 Å². The molecule has 100 valence electrons.